The van der Waals surface area contributed by atoms with Crippen molar-refractivity contribution in [3.8, 4) is 0 Å². The monoisotopic (exact) mass is 280 g/mol. The summed E-state index contributed by atoms with van der Waals surface area (Å²) < 4.78 is 39.0. The molecule has 0 aliphatic rings. The maximum absolute atomic E-state index is 13.1. The molecule has 0 heterocycles. The number of carbonyl (C=O) groups excluding carboxylic acids is 1. The molecule has 0 bridgehead atoms. The third-order valence-corrected chi connectivity index (χ3v) is 2.70. The van der Waals surface area contributed by atoms with E-state index < -0.39 is 17.5 Å². The molecule has 0 spiro atoms. The Morgan fingerprint density at radius 1 is 1.05 bits per heavy atom. The van der Waals surface area contributed by atoms with Gasteiger partial charge in [0.2, 0.25) is 0 Å². The summed E-state index contributed by atoms with van der Waals surface area (Å²) in [5.74, 6) is -4.29. The summed E-state index contributed by atoms with van der Waals surface area (Å²) in [7, 11) is 0. The molecule has 0 aliphatic carbocycles. The number of anilines is 3. The SMILES string of the molecule is CC(=O)c1ccc(Nc2cc(F)c(F)c(F)c2)cc1N. The number of carbonyl (C=O) groups is 1. The van der Waals surface area contributed by atoms with Crippen molar-refractivity contribution in [3.63, 3.8) is 0 Å². The van der Waals surface area contributed by atoms with Gasteiger partial charge < -0.3 is 11.1 Å². The van der Waals surface area contributed by atoms with Gasteiger partial charge in [0.1, 0.15) is 0 Å². The van der Waals surface area contributed by atoms with Gasteiger partial charge >= 0.3 is 0 Å². The molecule has 2 aromatic rings. The highest BCUT2D eigenvalue weighted by atomic mass is 19.2. The van der Waals surface area contributed by atoms with Crippen molar-refractivity contribution in [2.75, 3.05) is 11.1 Å². The van der Waals surface area contributed by atoms with E-state index in [0.717, 1.165) is 12.1 Å². The van der Waals surface area contributed by atoms with E-state index in [1.165, 1.54) is 25.1 Å². The summed E-state index contributed by atoms with van der Waals surface area (Å²) in [6.07, 6.45) is 0. The van der Waals surface area contributed by atoms with Crippen molar-refractivity contribution in [3.05, 3.63) is 53.3 Å². The van der Waals surface area contributed by atoms with Crippen LogP contribution in [0, 0.1) is 17.5 Å². The topological polar surface area (TPSA) is 55.1 Å². The van der Waals surface area contributed by atoms with Gasteiger partial charge in [-0.25, -0.2) is 13.2 Å². The van der Waals surface area contributed by atoms with Crippen molar-refractivity contribution in [2.24, 2.45) is 0 Å². The molecule has 0 radical (unpaired) electrons. The van der Waals surface area contributed by atoms with Crippen LogP contribution in [-0.2, 0) is 0 Å². The number of nitrogen functional groups attached to an aromatic ring is 1. The maximum atomic E-state index is 13.1. The van der Waals surface area contributed by atoms with Crippen LogP contribution in [0.15, 0.2) is 30.3 Å². The van der Waals surface area contributed by atoms with Crippen LogP contribution in [0.25, 0.3) is 0 Å². The second-order valence-electron chi connectivity index (χ2n) is 4.24. The van der Waals surface area contributed by atoms with Crippen LogP contribution in [-0.4, -0.2) is 5.78 Å². The first kappa shape index (κ1) is 13.9. The minimum atomic E-state index is -1.53. The van der Waals surface area contributed by atoms with Crippen molar-refractivity contribution in [1.82, 2.24) is 0 Å². The maximum Gasteiger partial charge on any atom is 0.194 e. The summed E-state index contributed by atoms with van der Waals surface area (Å²) in [5, 5.41) is 2.68. The number of benzene rings is 2. The van der Waals surface area contributed by atoms with Gasteiger partial charge in [0, 0.05) is 34.8 Å². The van der Waals surface area contributed by atoms with Gasteiger partial charge in [-0.3, -0.25) is 4.79 Å². The summed E-state index contributed by atoms with van der Waals surface area (Å²) in [4.78, 5) is 11.2. The van der Waals surface area contributed by atoms with Crippen molar-refractivity contribution < 1.29 is 18.0 Å². The Labute approximate surface area is 113 Å². The number of hydrogen-bond donors (Lipinski definition) is 2. The molecule has 3 nitrogen and oxygen atoms in total. The van der Waals surface area contributed by atoms with Gasteiger partial charge in [-0.2, -0.15) is 0 Å². The van der Waals surface area contributed by atoms with E-state index in [4.69, 9.17) is 5.73 Å². The third kappa shape index (κ3) is 2.74. The third-order valence-electron chi connectivity index (χ3n) is 2.70. The van der Waals surface area contributed by atoms with Crippen LogP contribution in [0.2, 0.25) is 0 Å². The number of hydrogen-bond acceptors (Lipinski definition) is 3. The van der Waals surface area contributed by atoms with E-state index in [-0.39, 0.29) is 17.2 Å². The predicted octanol–water partition coefficient (Wildman–Crippen LogP) is 3.63. The van der Waals surface area contributed by atoms with Gasteiger partial charge in [-0.15, -0.1) is 0 Å². The molecular weight excluding hydrogens is 269 g/mol. The first-order chi connectivity index (χ1) is 9.38. The predicted molar refractivity (Wildman–Crippen MR) is 70.5 cm³/mol. The fraction of sp³-hybridized carbons (Fsp3) is 0.0714. The first-order valence-corrected chi connectivity index (χ1v) is 5.70. The average molecular weight is 280 g/mol. The van der Waals surface area contributed by atoms with Gasteiger partial charge in [0.15, 0.2) is 23.2 Å². The normalized spacial score (nSPS) is 10.4. The van der Waals surface area contributed by atoms with Gasteiger partial charge in [0.05, 0.1) is 0 Å². The van der Waals surface area contributed by atoms with E-state index >= 15 is 0 Å². The van der Waals surface area contributed by atoms with Crippen LogP contribution in [0.3, 0.4) is 0 Å². The molecule has 2 aromatic carbocycles. The van der Waals surface area contributed by atoms with Gasteiger partial charge in [-0.1, -0.05) is 0 Å². The van der Waals surface area contributed by atoms with E-state index in [0.29, 0.717) is 11.3 Å². The molecule has 6 heteroatoms. The highest BCUT2D eigenvalue weighted by molar-refractivity contribution is 5.99. The lowest BCUT2D eigenvalue weighted by molar-refractivity contribution is 0.101. The van der Waals surface area contributed by atoms with E-state index in [9.17, 15) is 18.0 Å². The minimum absolute atomic E-state index is 0.0383. The van der Waals surface area contributed by atoms with Crippen molar-refractivity contribution in [2.45, 2.75) is 6.92 Å². The molecule has 104 valence electrons. The molecule has 0 atom stereocenters. The fourth-order valence-corrected chi connectivity index (χ4v) is 1.76. The van der Waals surface area contributed by atoms with Crippen LogP contribution < -0.4 is 11.1 Å². The Kier molecular flexibility index (Phi) is 3.65. The molecule has 0 aromatic heterocycles. The van der Waals surface area contributed by atoms with Crippen molar-refractivity contribution in [1.29, 1.82) is 0 Å². The average Bonchev–Trinajstić information content (AvgIpc) is 2.35. The number of rotatable bonds is 3. The Morgan fingerprint density at radius 3 is 2.15 bits per heavy atom. The molecule has 20 heavy (non-hydrogen) atoms. The molecule has 0 saturated carbocycles. The van der Waals surface area contributed by atoms with E-state index in [1.807, 2.05) is 0 Å². The highest BCUT2D eigenvalue weighted by Gasteiger charge is 2.11. The molecule has 0 fully saturated rings. The van der Waals surface area contributed by atoms with Crippen molar-refractivity contribution >= 4 is 22.8 Å². The first-order valence-electron chi connectivity index (χ1n) is 5.70. The number of nitrogens with two attached hydrogens (primary N) is 1. The Morgan fingerprint density at radius 2 is 1.65 bits per heavy atom. The van der Waals surface area contributed by atoms with Gasteiger partial charge in [-0.05, 0) is 25.1 Å². The minimum Gasteiger partial charge on any atom is -0.398 e. The Balaban J connectivity index is 2.31. The second kappa shape index (κ2) is 5.24. The molecule has 0 amide bonds. The van der Waals surface area contributed by atoms with E-state index in [1.54, 1.807) is 0 Å². The number of Topliss-reactive ketones (excluding diaryl/α,β-unsaturated/α-hetero) is 1. The number of halogens is 3. The molecule has 0 aliphatic heterocycles. The zero-order chi connectivity index (χ0) is 14.9. The summed E-state index contributed by atoms with van der Waals surface area (Å²) in [6, 6.07) is 6.14. The summed E-state index contributed by atoms with van der Waals surface area (Å²) in [6.45, 7) is 1.38. The quantitative estimate of drug-likeness (QED) is 0.513. The number of nitrogens with one attached hydrogen (secondary N) is 1. The number of ketones is 1. The molecular formula is C14H11F3N2O. The fourth-order valence-electron chi connectivity index (χ4n) is 1.76. The molecule has 3 N–H and O–H groups in total. The molecule has 0 saturated heterocycles. The van der Waals surface area contributed by atoms with Crippen LogP contribution in [0.4, 0.5) is 30.2 Å². The Hall–Kier alpha value is -2.50. The smallest absolute Gasteiger partial charge is 0.194 e. The van der Waals surface area contributed by atoms with E-state index in [2.05, 4.69) is 5.32 Å². The lowest BCUT2D eigenvalue weighted by Gasteiger charge is -2.10. The summed E-state index contributed by atoms with van der Waals surface area (Å²) >= 11 is 0. The summed E-state index contributed by atoms with van der Waals surface area (Å²) in [5.41, 5.74) is 6.75. The van der Waals surface area contributed by atoms with Crippen LogP contribution in [0.1, 0.15) is 17.3 Å². The lowest BCUT2D eigenvalue weighted by atomic mass is 10.1. The second-order valence-corrected chi connectivity index (χ2v) is 4.24. The lowest BCUT2D eigenvalue weighted by Crippen LogP contribution is -2.01. The largest absolute Gasteiger partial charge is 0.398 e. The standard InChI is InChI=1S/C14H11F3N2O/c1-7(20)10-3-2-8(6-13(10)18)19-9-4-11(15)14(17)12(16)5-9/h2-6,19H,18H2,1H3. The van der Waals surface area contributed by atoms with Crippen LogP contribution in [0.5, 0.6) is 0 Å². The van der Waals surface area contributed by atoms with Gasteiger partial charge in [0.25, 0.3) is 0 Å². The zero-order valence-electron chi connectivity index (χ0n) is 10.5. The van der Waals surface area contributed by atoms with Crippen LogP contribution >= 0.6 is 0 Å². The highest BCUT2D eigenvalue weighted by Crippen LogP contribution is 2.24. The molecule has 2 rings (SSSR count). The molecule has 0 unspecified atom stereocenters. The Bertz CT molecular complexity index is 663. The zero-order valence-corrected chi connectivity index (χ0v) is 10.5.